The van der Waals surface area contributed by atoms with Crippen LogP contribution in [0.5, 0.6) is 0 Å². The number of nitrogens with zero attached hydrogens (tertiary/aromatic N) is 1. The molecule has 2 aliphatic carbocycles. The highest BCUT2D eigenvalue weighted by molar-refractivity contribution is 7.88. The summed E-state index contributed by atoms with van der Waals surface area (Å²) in [5.74, 6) is 0.293. The van der Waals surface area contributed by atoms with E-state index in [1.807, 2.05) is 17.0 Å². The van der Waals surface area contributed by atoms with Crippen molar-refractivity contribution in [3.8, 4) is 0 Å². The van der Waals surface area contributed by atoms with E-state index < -0.39 is 10.0 Å². The molecule has 1 spiro atoms. The van der Waals surface area contributed by atoms with Crippen molar-refractivity contribution in [2.75, 3.05) is 24.2 Å². The van der Waals surface area contributed by atoms with Crippen molar-refractivity contribution >= 4 is 21.6 Å². The quantitative estimate of drug-likeness (QED) is 0.887. The van der Waals surface area contributed by atoms with E-state index in [-0.39, 0.29) is 10.8 Å². The van der Waals surface area contributed by atoms with Crippen LogP contribution in [0.3, 0.4) is 0 Å². The van der Waals surface area contributed by atoms with Gasteiger partial charge in [-0.1, -0.05) is 12.1 Å². The lowest BCUT2D eigenvalue weighted by Gasteiger charge is -2.32. The fraction of sp³-hybridized carbons (Fsp3) is 0.611. The van der Waals surface area contributed by atoms with Crippen LogP contribution in [0.25, 0.3) is 0 Å². The summed E-state index contributed by atoms with van der Waals surface area (Å²) < 4.78 is 25.3. The molecule has 6 heteroatoms. The summed E-state index contributed by atoms with van der Waals surface area (Å²) >= 11 is 0. The Morgan fingerprint density at radius 1 is 1.08 bits per heavy atom. The maximum absolute atomic E-state index is 12.7. The van der Waals surface area contributed by atoms with E-state index in [9.17, 15) is 13.2 Å². The lowest BCUT2D eigenvalue weighted by Crippen LogP contribution is -2.42. The van der Waals surface area contributed by atoms with E-state index >= 15 is 0 Å². The first-order chi connectivity index (χ1) is 11.3. The van der Waals surface area contributed by atoms with E-state index in [1.54, 1.807) is 0 Å². The second-order valence-electron chi connectivity index (χ2n) is 7.76. The van der Waals surface area contributed by atoms with Gasteiger partial charge in [0.2, 0.25) is 15.9 Å². The molecule has 3 aliphatic rings. The number of hydrogen-bond donors (Lipinski definition) is 1. The van der Waals surface area contributed by atoms with Gasteiger partial charge in [-0.2, -0.15) is 0 Å². The average Bonchev–Trinajstić information content (AvgIpc) is 3.45. The molecule has 0 atom stereocenters. The van der Waals surface area contributed by atoms with Crippen molar-refractivity contribution in [2.24, 2.45) is 5.41 Å². The average molecular weight is 348 g/mol. The number of sulfonamides is 1. The Morgan fingerprint density at radius 2 is 1.75 bits per heavy atom. The Kier molecular flexibility index (Phi) is 3.55. The van der Waals surface area contributed by atoms with Crippen LogP contribution in [0.2, 0.25) is 0 Å². The number of piperidine rings is 1. The zero-order chi connectivity index (χ0) is 17.0. The van der Waals surface area contributed by atoms with Gasteiger partial charge in [-0.3, -0.25) is 4.79 Å². The van der Waals surface area contributed by atoms with Gasteiger partial charge >= 0.3 is 0 Å². The molecule has 0 radical (unpaired) electrons. The minimum absolute atomic E-state index is 0.0476. The Balaban J connectivity index is 1.50. The highest BCUT2D eigenvalue weighted by atomic mass is 32.2. The minimum Gasteiger partial charge on any atom is -0.312 e. The van der Waals surface area contributed by atoms with Crippen molar-refractivity contribution in [1.82, 2.24) is 4.72 Å². The van der Waals surface area contributed by atoms with E-state index in [4.69, 9.17) is 0 Å². The summed E-state index contributed by atoms with van der Waals surface area (Å²) in [5.41, 5.74) is 2.02. The molecule has 1 heterocycles. The third-order valence-electron chi connectivity index (χ3n) is 5.91. The van der Waals surface area contributed by atoms with Crippen LogP contribution < -0.4 is 9.62 Å². The highest BCUT2D eigenvalue weighted by Gasteiger charge is 2.53. The van der Waals surface area contributed by atoms with Crippen LogP contribution in [0.4, 0.5) is 5.69 Å². The second-order valence-corrected chi connectivity index (χ2v) is 9.59. The molecule has 130 valence electrons. The number of hydrogen-bond acceptors (Lipinski definition) is 3. The van der Waals surface area contributed by atoms with Gasteiger partial charge < -0.3 is 4.90 Å². The highest BCUT2D eigenvalue weighted by Crippen LogP contribution is 2.53. The molecule has 24 heavy (non-hydrogen) atoms. The predicted octanol–water partition coefficient (Wildman–Crippen LogP) is 2.17. The molecule has 2 saturated carbocycles. The normalized spacial score (nSPS) is 24.2. The number of nitrogens with one attached hydrogen (secondary N) is 1. The maximum atomic E-state index is 12.7. The lowest BCUT2D eigenvalue weighted by molar-refractivity contribution is -0.125. The van der Waals surface area contributed by atoms with Crippen LogP contribution in [0.1, 0.15) is 44.1 Å². The molecule has 1 aromatic rings. The van der Waals surface area contributed by atoms with Gasteiger partial charge in [0.25, 0.3) is 0 Å². The largest absolute Gasteiger partial charge is 0.312 e. The number of carbonyl (C=O) groups is 1. The fourth-order valence-electron chi connectivity index (χ4n) is 3.91. The van der Waals surface area contributed by atoms with Gasteiger partial charge in [0.1, 0.15) is 0 Å². The molecule has 1 N–H and O–H groups in total. The zero-order valence-corrected chi connectivity index (χ0v) is 14.9. The lowest BCUT2D eigenvalue weighted by atomic mass is 9.92. The molecule has 0 unspecified atom stereocenters. The van der Waals surface area contributed by atoms with E-state index in [1.165, 1.54) is 6.26 Å². The number of rotatable bonds is 5. The fourth-order valence-corrected chi connectivity index (χ4v) is 4.45. The molecular weight excluding hydrogens is 324 g/mol. The van der Waals surface area contributed by atoms with Crippen LogP contribution >= 0.6 is 0 Å². The molecule has 1 amide bonds. The molecule has 4 rings (SSSR count). The summed E-state index contributed by atoms with van der Waals surface area (Å²) in [4.78, 5) is 14.6. The molecule has 1 aromatic carbocycles. The van der Waals surface area contributed by atoms with E-state index in [0.717, 1.165) is 56.3 Å². The van der Waals surface area contributed by atoms with Crippen molar-refractivity contribution in [2.45, 2.75) is 43.9 Å². The summed E-state index contributed by atoms with van der Waals surface area (Å²) in [6.07, 6.45) is 7.40. The molecule has 0 aromatic heterocycles. The number of benzene rings is 1. The number of amides is 1. The predicted molar refractivity (Wildman–Crippen MR) is 93.5 cm³/mol. The van der Waals surface area contributed by atoms with Crippen LogP contribution in [-0.2, 0) is 20.2 Å². The molecular formula is C18H24N2O3S. The van der Waals surface area contributed by atoms with E-state index in [2.05, 4.69) is 16.9 Å². The number of anilines is 1. The third kappa shape index (κ3) is 2.86. The topological polar surface area (TPSA) is 66.5 Å². The van der Waals surface area contributed by atoms with Gasteiger partial charge in [-0.15, -0.1) is 0 Å². The minimum atomic E-state index is -3.17. The molecule has 3 fully saturated rings. The summed E-state index contributed by atoms with van der Waals surface area (Å²) in [6, 6.07) is 8.17. The smallest absolute Gasteiger partial charge is 0.233 e. The SMILES string of the molecule is CS(=O)(=O)NCC1(c2ccc(N3CCCC4(CC4)C3=O)cc2)CC1. The standard InChI is InChI=1S/C18H24N2O3S/c1-24(22,23)19-13-18(10-11-18)14-3-5-15(6-4-14)20-12-2-7-17(8-9-17)16(20)21/h3-6,19H,2,7-13H2,1H3. The third-order valence-corrected chi connectivity index (χ3v) is 6.58. The number of carbonyl (C=O) groups excluding carboxylic acids is 1. The Hall–Kier alpha value is -1.40. The maximum Gasteiger partial charge on any atom is 0.233 e. The molecule has 1 saturated heterocycles. The first kappa shape index (κ1) is 16.1. The van der Waals surface area contributed by atoms with Gasteiger partial charge in [0, 0.05) is 29.6 Å². The first-order valence-electron chi connectivity index (χ1n) is 8.71. The Morgan fingerprint density at radius 3 is 2.29 bits per heavy atom. The van der Waals surface area contributed by atoms with Crippen molar-refractivity contribution < 1.29 is 13.2 Å². The van der Waals surface area contributed by atoms with Crippen molar-refractivity contribution in [3.05, 3.63) is 29.8 Å². The molecule has 5 nitrogen and oxygen atoms in total. The Bertz CT molecular complexity index is 762. The van der Waals surface area contributed by atoms with Crippen LogP contribution in [0, 0.1) is 5.41 Å². The van der Waals surface area contributed by atoms with Crippen molar-refractivity contribution in [3.63, 3.8) is 0 Å². The van der Waals surface area contributed by atoms with Crippen molar-refractivity contribution in [1.29, 1.82) is 0 Å². The van der Waals surface area contributed by atoms with Crippen LogP contribution in [0.15, 0.2) is 24.3 Å². The summed E-state index contributed by atoms with van der Waals surface area (Å²) in [6.45, 7) is 1.26. The zero-order valence-electron chi connectivity index (χ0n) is 14.0. The summed E-state index contributed by atoms with van der Waals surface area (Å²) in [7, 11) is -3.17. The van der Waals surface area contributed by atoms with Gasteiger partial charge in [-0.05, 0) is 56.2 Å². The van der Waals surface area contributed by atoms with E-state index in [0.29, 0.717) is 12.5 Å². The molecule has 0 bridgehead atoms. The summed E-state index contributed by atoms with van der Waals surface area (Å²) in [5, 5.41) is 0. The Labute approximate surface area is 143 Å². The van der Waals surface area contributed by atoms with Gasteiger partial charge in [0.15, 0.2) is 0 Å². The monoisotopic (exact) mass is 348 g/mol. The van der Waals surface area contributed by atoms with Crippen LogP contribution in [-0.4, -0.2) is 33.7 Å². The van der Waals surface area contributed by atoms with Gasteiger partial charge in [-0.25, -0.2) is 13.1 Å². The second kappa shape index (κ2) is 5.30. The first-order valence-corrected chi connectivity index (χ1v) is 10.6. The molecule has 1 aliphatic heterocycles. The van der Waals surface area contributed by atoms with Gasteiger partial charge in [0.05, 0.1) is 6.26 Å².